The Bertz CT molecular complexity index is 1700. The molecule has 10 heteroatoms. The molecule has 6 rings (SSSR count). The highest BCUT2D eigenvalue weighted by Gasteiger charge is 2.53. The molecule has 1 fully saturated rings. The van der Waals surface area contributed by atoms with Gasteiger partial charge in [0.2, 0.25) is 0 Å². The van der Waals surface area contributed by atoms with Gasteiger partial charge in [-0.15, -0.1) is 22.7 Å². The predicted molar refractivity (Wildman–Crippen MR) is 157 cm³/mol. The van der Waals surface area contributed by atoms with Crippen LogP contribution in [-0.4, -0.2) is 34.1 Å². The van der Waals surface area contributed by atoms with Crippen molar-refractivity contribution in [3.05, 3.63) is 78.0 Å². The average molecular weight is 574 g/mol. The van der Waals surface area contributed by atoms with Crippen molar-refractivity contribution in [3.8, 4) is 26.6 Å². The van der Waals surface area contributed by atoms with Crippen LogP contribution in [0.1, 0.15) is 37.0 Å². The van der Waals surface area contributed by atoms with Crippen LogP contribution in [0, 0.1) is 0 Å². The number of carboxylic acid groups (broad SMARTS) is 1. The third kappa shape index (κ3) is 4.63. The lowest BCUT2D eigenvalue weighted by molar-refractivity contribution is -0.140. The van der Waals surface area contributed by atoms with Gasteiger partial charge in [0.15, 0.2) is 0 Å². The summed E-state index contributed by atoms with van der Waals surface area (Å²) in [6.07, 6.45) is 2.06. The maximum atomic E-state index is 12.7. The van der Waals surface area contributed by atoms with Crippen LogP contribution in [0.2, 0.25) is 0 Å². The average Bonchev–Trinajstić information content (AvgIpc) is 3.36. The molecule has 1 saturated carbocycles. The van der Waals surface area contributed by atoms with Crippen LogP contribution in [0.4, 0.5) is 10.6 Å². The minimum atomic E-state index is -0.823. The summed E-state index contributed by atoms with van der Waals surface area (Å²) >= 11 is 3.27. The van der Waals surface area contributed by atoms with Crippen LogP contribution in [-0.2, 0) is 22.0 Å². The van der Waals surface area contributed by atoms with Crippen molar-refractivity contribution in [1.29, 1.82) is 0 Å². The highest BCUT2D eigenvalue weighted by atomic mass is 32.1. The molecule has 2 aromatic carbocycles. The van der Waals surface area contributed by atoms with Crippen molar-refractivity contribution >= 4 is 50.0 Å². The van der Waals surface area contributed by atoms with Gasteiger partial charge in [-0.25, -0.2) is 4.79 Å². The molecule has 3 aromatic heterocycles. The number of fused-ring (bicyclic) bond motifs is 1. The Morgan fingerprint density at radius 3 is 2.42 bits per heavy atom. The number of nitrogens with one attached hydrogen (secondary N) is 1. The highest BCUT2D eigenvalue weighted by molar-refractivity contribution is 7.31. The van der Waals surface area contributed by atoms with E-state index in [0.29, 0.717) is 24.4 Å². The smallest absolute Gasteiger partial charge is 0.413 e. The molecule has 40 heavy (non-hydrogen) atoms. The first-order chi connectivity index (χ1) is 19.3. The van der Waals surface area contributed by atoms with Crippen molar-refractivity contribution in [3.63, 3.8) is 0 Å². The van der Waals surface area contributed by atoms with E-state index >= 15 is 0 Å². The number of aryl methyl sites for hydroxylation is 1. The molecule has 1 amide bonds. The summed E-state index contributed by atoms with van der Waals surface area (Å²) in [7, 11) is 3.36. The summed E-state index contributed by atoms with van der Waals surface area (Å²) in [5.74, 6) is 0.368. The summed E-state index contributed by atoms with van der Waals surface area (Å²) < 4.78 is 15.0. The Morgan fingerprint density at radius 1 is 1.05 bits per heavy atom. The highest BCUT2D eigenvalue weighted by Crippen LogP contribution is 2.52. The first-order valence-electron chi connectivity index (χ1n) is 12.8. The van der Waals surface area contributed by atoms with Gasteiger partial charge in [-0.05, 0) is 49.1 Å². The van der Waals surface area contributed by atoms with Gasteiger partial charge in [-0.2, -0.15) is 5.10 Å². The zero-order chi connectivity index (χ0) is 28.0. The number of benzene rings is 2. The number of anilines is 1. The number of methoxy groups -OCH3 is 1. The molecule has 8 nitrogen and oxygen atoms in total. The third-order valence-electron chi connectivity index (χ3n) is 7.35. The third-order valence-corrected chi connectivity index (χ3v) is 9.72. The SMILES string of the molecule is COc1cc(-c2cc3sc(-c4cnn(C)c4NC(=O)O[C@H](C)c4ccccc4)cc3s2)ccc1C1(C(=O)O)CC1. The normalized spacial score (nSPS) is 14.6. The number of ether oxygens (including phenoxy) is 2. The van der Waals surface area contributed by atoms with Crippen molar-refractivity contribution in [1.82, 2.24) is 9.78 Å². The quantitative estimate of drug-likeness (QED) is 0.200. The number of rotatable bonds is 8. The summed E-state index contributed by atoms with van der Waals surface area (Å²) in [4.78, 5) is 26.6. The molecule has 0 unspecified atom stereocenters. The minimum absolute atomic E-state index is 0.394. The molecule has 0 saturated heterocycles. The molecule has 0 spiro atoms. The molecule has 5 aromatic rings. The van der Waals surface area contributed by atoms with Crippen LogP contribution < -0.4 is 10.1 Å². The molecule has 3 heterocycles. The van der Waals surface area contributed by atoms with E-state index in [-0.39, 0.29) is 0 Å². The number of aromatic nitrogens is 2. The van der Waals surface area contributed by atoms with Gasteiger partial charge in [-0.3, -0.25) is 14.8 Å². The van der Waals surface area contributed by atoms with Gasteiger partial charge in [-0.1, -0.05) is 42.5 Å². The van der Waals surface area contributed by atoms with Crippen LogP contribution in [0.5, 0.6) is 5.75 Å². The van der Waals surface area contributed by atoms with E-state index in [1.54, 1.807) is 47.7 Å². The van der Waals surface area contributed by atoms with E-state index in [4.69, 9.17) is 9.47 Å². The van der Waals surface area contributed by atoms with Crippen molar-refractivity contribution in [2.24, 2.45) is 7.05 Å². The van der Waals surface area contributed by atoms with E-state index < -0.39 is 23.6 Å². The molecule has 1 aliphatic rings. The van der Waals surface area contributed by atoms with Crippen LogP contribution in [0.25, 0.3) is 30.3 Å². The predicted octanol–water partition coefficient (Wildman–Crippen LogP) is 7.46. The number of carbonyl (C=O) groups excluding carboxylic acids is 1. The molecule has 0 bridgehead atoms. The molecule has 1 aliphatic carbocycles. The number of carboxylic acids is 1. The van der Waals surface area contributed by atoms with Gasteiger partial charge in [0.05, 0.1) is 24.3 Å². The van der Waals surface area contributed by atoms with Crippen LogP contribution >= 0.6 is 22.7 Å². The van der Waals surface area contributed by atoms with E-state index in [1.807, 2.05) is 55.5 Å². The zero-order valence-corrected chi connectivity index (χ0v) is 23.8. The molecule has 2 N–H and O–H groups in total. The summed E-state index contributed by atoms with van der Waals surface area (Å²) in [6.45, 7) is 1.84. The van der Waals surface area contributed by atoms with Gasteiger partial charge in [0, 0.05) is 31.8 Å². The molecule has 204 valence electrons. The second-order valence-corrected chi connectivity index (χ2v) is 12.0. The second kappa shape index (κ2) is 10.1. The number of amides is 1. The van der Waals surface area contributed by atoms with Gasteiger partial charge < -0.3 is 14.6 Å². The fourth-order valence-electron chi connectivity index (χ4n) is 4.92. The Hall–Kier alpha value is -4.15. The van der Waals surface area contributed by atoms with E-state index in [2.05, 4.69) is 22.5 Å². The maximum Gasteiger partial charge on any atom is 0.413 e. The first-order valence-corrected chi connectivity index (χ1v) is 14.4. The van der Waals surface area contributed by atoms with Crippen molar-refractivity contribution in [2.75, 3.05) is 12.4 Å². The first kappa shape index (κ1) is 26.1. The number of hydrogen-bond acceptors (Lipinski definition) is 7. The topological polar surface area (TPSA) is 103 Å². The van der Waals surface area contributed by atoms with Crippen LogP contribution in [0.15, 0.2) is 66.9 Å². The zero-order valence-electron chi connectivity index (χ0n) is 22.1. The summed E-state index contributed by atoms with van der Waals surface area (Å²) in [6, 6.07) is 19.6. The standard InChI is InChI=1S/C30H27N3O5S2/c1-17(18-7-5-4-6-8-18)38-29(36)32-27-20(16-31-33(27)2)24-15-26-25(40-24)14-23(39-26)19-9-10-21(22(13-19)37-3)30(11-12-30)28(34)35/h4-10,13-17H,11-12H2,1-3H3,(H,32,36)(H,34,35)/t17-/m1/s1. The summed E-state index contributed by atoms with van der Waals surface area (Å²) in [5, 5.41) is 17.0. The largest absolute Gasteiger partial charge is 0.496 e. The molecule has 0 aliphatic heterocycles. The fraction of sp³-hybridized carbons (Fsp3) is 0.233. The maximum absolute atomic E-state index is 12.7. The van der Waals surface area contributed by atoms with Crippen LogP contribution in [0.3, 0.4) is 0 Å². The summed E-state index contributed by atoms with van der Waals surface area (Å²) in [5.41, 5.74) is 2.63. The van der Waals surface area contributed by atoms with Gasteiger partial charge in [0.1, 0.15) is 17.7 Å². The van der Waals surface area contributed by atoms with Gasteiger partial charge in [0.25, 0.3) is 0 Å². The van der Waals surface area contributed by atoms with Gasteiger partial charge >= 0.3 is 12.1 Å². The Balaban J connectivity index is 1.23. The Kier molecular flexibility index (Phi) is 6.59. The number of carbonyl (C=O) groups is 2. The number of aliphatic carboxylic acids is 1. The number of nitrogens with zero attached hydrogens (tertiary/aromatic N) is 2. The van der Waals surface area contributed by atoms with Crippen molar-refractivity contribution in [2.45, 2.75) is 31.3 Å². The van der Waals surface area contributed by atoms with E-state index in [0.717, 1.165) is 41.4 Å². The lowest BCUT2D eigenvalue weighted by atomic mass is 9.93. The molecule has 0 radical (unpaired) electrons. The lowest BCUT2D eigenvalue weighted by Crippen LogP contribution is -2.20. The van der Waals surface area contributed by atoms with E-state index in [1.165, 1.54) is 0 Å². The van der Waals surface area contributed by atoms with E-state index in [9.17, 15) is 14.7 Å². The lowest BCUT2D eigenvalue weighted by Gasteiger charge is -2.15. The second-order valence-electron chi connectivity index (χ2n) is 9.87. The Morgan fingerprint density at radius 2 is 1.75 bits per heavy atom. The number of thiophene rings is 2. The van der Waals surface area contributed by atoms with Crippen molar-refractivity contribution < 1.29 is 24.2 Å². The fourth-order valence-corrected chi connectivity index (χ4v) is 7.32. The molecular formula is C30H27N3O5S2. The Labute approximate surface area is 238 Å². The minimum Gasteiger partial charge on any atom is -0.496 e. The molecular weight excluding hydrogens is 546 g/mol. The number of hydrogen-bond donors (Lipinski definition) is 2. The monoisotopic (exact) mass is 573 g/mol. The molecule has 1 atom stereocenters.